The van der Waals surface area contributed by atoms with Gasteiger partial charge in [0.15, 0.2) is 4.34 Å². The van der Waals surface area contributed by atoms with E-state index < -0.39 is 12.1 Å². The number of primary amides is 1. The molecule has 0 aromatic carbocycles. The molecule has 0 radical (unpaired) electrons. The molecule has 15 heavy (non-hydrogen) atoms. The molecule has 2 N–H and O–H groups in total. The Balaban J connectivity index is 2.58. The highest BCUT2D eigenvalue weighted by atomic mass is 32.2. The van der Waals surface area contributed by atoms with Crippen LogP contribution in [0.25, 0.3) is 0 Å². The zero-order chi connectivity index (χ0) is 11.3. The highest BCUT2D eigenvalue weighted by Gasteiger charge is 2.16. The van der Waals surface area contributed by atoms with Gasteiger partial charge in [-0.15, -0.1) is 10.2 Å². The molecule has 1 rings (SSSR count). The maximum atomic E-state index is 11.1. The minimum absolute atomic E-state index is 0.0346. The van der Waals surface area contributed by atoms with Crippen molar-refractivity contribution in [3.63, 3.8) is 0 Å². The van der Waals surface area contributed by atoms with E-state index in [2.05, 4.69) is 20.7 Å². The third kappa shape index (κ3) is 3.84. The first-order valence-corrected chi connectivity index (χ1v) is 5.91. The van der Waals surface area contributed by atoms with Crippen LogP contribution in [-0.4, -0.2) is 28.0 Å². The molecule has 8 heteroatoms. The average Bonchev–Trinajstić information content (AvgIpc) is 2.62. The highest BCUT2D eigenvalue weighted by molar-refractivity contribution is 8.01. The van der Waals surface area contributed by atoms with Crippen LogP contribution in [0.3, 0.4) is 0 Å². The molecule has 1 heterocycles. The minimum atomic E-state index is -1.14. The number of hydrogen-bond donors (Lipinski definition) is 1. The van der Waals surface area contributed by atoms with E-state index in [0.29, 0.717) is 4.34 Å². The van der Waals surface area contributed by atoms with Gasteiger partial charge in [-0.2, -0.15) is 0 Å². The monoisotopic (exact) mass is 247 g/mol. The van der Waals surface area contributed by atoms with Crippen LogP contribution in [0.15, 0.2) is 4.34 Å². The number of nitrogens with two attached hydrogens (primary N) is 1. The van der Waals surface area contributed by atoms with E-state index in [1.165, 1.54) is 11.8 Å². The molecule has 0 aliphatic heterocycles. The first kappa shape index (κ1) is 11.9. The van der Waals surface area contributed by atoms with Crippen molar-refractivity contribution in [3.05, 3.63) is 5.01 Å². The van der Waals surface area contributed by atoms with Crippen molar-refractivity contribution in [3.8, 4) is 0 Å². The summed E-state index contributed by atoms with van der Waals surface area (Å²) in [6, 6.07) is 0. The van der Waals surface area contributed by atoms with Gasteiger partial charge in [-0.1, -0.05) is 30.0 Å². The maximum Gasteiger partial charge on any atom is 0.412 e. The number of carbonyl (C=O) groups is 2. The minimum Gasteiger partial charge on any atom is -0.371 e. The van der Waals surface area contributed by atoms with Crippen molar-refractivity contribution in [1.82, 2.24) is 10.2 Å². The summed E-state index contributed by atoms with van der Waals surface area (Å²) in [6.07, 6.45) is -0.136. The van der Waals surface area contributed by atoms with Gasteiger partial charge in [-0.05, 0) is 6.42 Å². The Morgan fingerprint density at radius 3 is 2.87 bits per heavy atom. The summed E-state index contributed by atoms with van der Waals surface area (Å²) in [5, 5.41) is 7.38. The lowest BCUT2D eigenvalue weighted by atomic mass is 10.6. The van der Waals surface area contributed by atoms with Gasteiger partial charge in [0.05, 0.1) is 0 Å². The number of nitrogens with zero attached hydrogens (tertiary/aromatic N) is 2. The summed E-state index contributed by atoms with van der Waals surface area (Å²) < 4.78 is 4.83. The predicted octanol–water partition coefficient (Wildman–Crippen LogP) is 1.28. The number of ether oxygens (including phenoxy) is 1. The van der Waals surface area contributed by atoms with E-state index in [1.807, 2.05) is 6.92 Å². The van der Waals surface area contributed by atoms with E-state index in [4.69, 9.17) is 0 Å². The second-order valence-electron chi connectivity index (χ2n) is 2.43. The Kier molecular flexibility index (Phi) is 4.50. The van der Waals surface area contributed by atoms with Gasteiger partial charge in [0, 0.05) is 5.75 Å². The Hall–Kier alpha value is -1.15. The molecular weight excluding hydrogens is 238 g/mol. The lowest BCUT2D eigenvalue weighted by Gasteiger charge is -1.92. The van der Waals surface area contributed by atoms with E-state index in [0.717, 1.165) is 23.5 Å². The SMILES string of the molecule is CCCSc1nnc(C(=O)OC(N)=O)s1. The first-order valence-electron chi connectivity index (χ1n) is 4.11. The third-order valence-corrected chi connectivity index (χ3v) is 3.45. The molecule has 0 aliphatic rings. The molecule has 0 unspecified atom stereocenters. The zero-order valence-corrected chi connectivity index (χ0v) is 9.56. The molecule has 82 valence electrons. The number of thioether (sulfide) groups is 1. The number of rotatable bonds is 4. The largest absolute Gasteiger partial charge is 0.412 e. The van der Waals surface area contributed by atoms with E-state index >= 15 is 0 Å². The van der Waals surface area contributed by atoms with Crippen molar-refractivity contribution in [2.75, 3.05) is 5.75 Å². The molecule has 1 amide bonds. The zero-order valence-electron chi connectivity index (χ0n) is 7.93. The molecule has 1 aromatic rings. The van der Waals surface area contributed by atoms with E-state index in [9.17, 15) is 9.59 Å². The summed E-state index contributed by atoms with van der Waals surface area (Å²) in [7, 11) is 0. The van der Waals surface area contributed by atoms with Gasteiger partial charge in [0.2, 0.25) is 5.01 Å². The van der Waals surface area contributed by atoms with Crippen LogP contribution in [0.1, 0.15) is 23.1 Å². The molecule has 0 spiro atoms. The van der Waals surface area contributed by atoms with E-state index in [1.54, 1.807) is 0 Å². The summed E-state index contributed by atoms with van der Waals surface area (Å²) in [5.41, 5.74) is 4.69. The lowest BCUT2D eigenvalue weighted by Crippen LogP contribution is -2.18. The fourth-order valence-corrected chi connectivity index (χ4v) is 2.33. The van der Waals surface area contributed by atoms with Gasteiger partial charge < -0.3 is 10.5 Å². The molecule has 0 bridgehead atoms. The molecule has 0 saturated carbocycles. The van der Waals surface area contributed by atoms with Crippen LogP contribution in [-0.2, 0) is 4.74 Å². The fraction of sp³-hybridized carbons (Fsp3) is 0.429. The summed E-state index contributed by atoms with van der Waals surface area (Å²) in [6.45, 7) is 2.04. The number of esters is 1. The molecule has 0 atom stereocenters. The molecular formula is C7H9N3O3S2. The molecule has 1 aromatic heterocycles. The fourth-order valence-electron chi connectivity index (χ4n) is 0.675. The number of carbonyl (C=O) groups excluding carboxylic acids is 2. The molecule has 0 fully saturated rings. The van der Waals surface area contributed by atoms with Crippen molar-refractivity contribution in [2.45, 2.75) is 17.7 Å². The van der Waals surface area contributed by atoms with Crippen LogP contribution in [0.4, 0.5) is 4.79 Å². The summed E-state index contributed by atoms with van der Waals surface area (Å²) >= 11 is 2.58. The van der Waals surface area contributed by atoms with Crippen LogP contribution in [0, 0.1) is 0 Å². The molecule has 6 nitrogen and oxygen atoms in total. The summed E-state index contributed by atoms with van der Waals surface area (Å²) in [5.74, 6) is 0.0443. The van der Waals surface area contributed by atoms with Gasteiger partial charge in [-0.25, -0.2) is 9.59 Å². The Bertz CT molecular complexity index is 366. The van der Waals surface area contributed by atoms with Crippen molar-refractivity contribution >= 4 is 35.2 Å². The Morgan fingerprint density at radius 1 is 1.53 bits per heavy atom. The van der Waals surface area contributed by atoms with Crippen molar-refractivity contribution in [1.29, 1.82) is 0 Å². The van der Waals surface area contributed by atoms with Gasteiger partial charge in [0.1, 0.15) is 0 Å². The van der Waals surface area contributed by atoms with Crippen LogP contribution < -0.4 is 5.73 Å². The number of aromatic nitrogens is 2. The number of hydrogen-bond acceptors (Lipinski definition) is 7. The molecule has 0 saturated heterocycles. The highest BCUT2D eigenvalue weighted by Crippen LogP contribution is 2.23. The summed E-state index contributed by atoms with van der Waals surface area (Å²) in [4.78, 5) is 21.4. The second-order valence-corrected chi connectivity index (χ2v) is 4.75. The molecule has 0 aliphatic carbocycles. The normalized spacial score (nSPS) is 9.93. The van der Waals surface area contributed by atoms with Crippen molar-refractivity contribution < 1.29 is 14.3 Å². The van der Waals surface area contributed by atoms with Crippen molar-refractivity contribution in [2.24, 2.45) is 5.73 Å². The van der Waals surface area contributed by atoms with Crippen LogP contribution in [0.5, 0.6) is 0 Å². The average molecular weight is 247 g/mol. The predicted molar refractivity (Wildman–Crippen MR) is 55.9 cm³/mol. The smallest absolute Gasteiger partial charge is 0.371 e. The Morgan fingerprint density at radius 2 is 2.27 bits per heavy atom. The maximum absolute atomic E-state index is 11.1. The van der Waals surface area contributed by atoms with Gasteiger partial charge in [0.25, 0.3) is 0 Å². The van der Waals surface area contributed by atoms with Crippen LogP contribution >= 0.6 is 23.1 Å². The number of amides is 1. The lowest BCUT2D eigenvalue weighted by molar-refractivity contribution is 0.0637. The van der Waals surface area contributed by atoms with Gasteiger partial charge >= 0.3 is 12.1 Å². The topological polar surface area (TPSA) is 95.2 Å². The van der Waals surface area contributed by atoms with E-state index in [-0.39, 0.29) is 5.01 Å². The van der Waals surface area contributed by atoms with Crippen LogP contribution in [0.2, 0.25) is 0 Å². The third-order valence-electron chi connectivity index (χ3n) is 1.20. The van der Waals surface area contributed by atoms with Gasteiger partial charge in [-0.3, -0.25) is 0 Å². The Labute approximate surface area is 94.2 Å². The second kappa shape index (κ2) is 5.66. The quantitative estimate of drug-likeness (QED) is 0.489. The standard InChI is InChI=1S/C7H9N3O3S2/c1-2-3-14-7-10-9-4(15-7)5(11)13-6(8)12/h2-3H2,1H3,(H2,8,12). The first-order chi connectivity index (χ1) is 7.13.